The lowest BCUT2D eigenvalue weighted by Gasteiger charge is -2.37. The fraction of sp³-hybridized carbons (Fsp3) is 0.375. The van der Waals surface area contributed by atoms with Gasteiger partial charge in [-0.2, -0.15) is 0 Å². The lowest BCUT2D eigenvalue weighted by molar-refractivity contribution is -0.485. The van der Waals surface area contributed by atoms with Gasteiger partial charge in [0.25, 0.3) is 11.9 Å². The van der Waals surface area contributed by atoms with Gasteiger partial charge in [-0.05, 0) is 68.0 Å². The van der Waals surface area contributed by atoms with Crippen molar-refractivity contribution in [3.8, 4) is 0 Å². The summed E-state index contributed by atoms with van der Waals surface area (Å²) in [6.45, 7) is 6.47. The van der Waals surface area contributed by atoms with Gasteiger partial charge in [0.1, 0.15) is 11.3 Å². The number of hydrazone groups is 1. The number of guanidine groups is 1. The molecule has 0 fully saturated rings. The quantitative estimate of drug-likeness (QED) is 0.127. The molecule has 0 saturated carbocycles. The lowest BCUT2D eigenvalue weighted by atomic mass is 9.71. The molecule has 0 radical (unpaired) electrons. The molecule has 0 aliphatic heterocycles. The summed E-state index contributed by atoms with van der Waals surface area (Å²) in [7, 11) is 0. The van der Waals surface area contributed by atoms with Crippen molar-refractivity contribution in [2.24, 2.45) is 10.5 Å². The van der Waals surface area contributed by atoms with E-state index in [4.69, 9.17) is 11.6 Å². The van der Waals surface area contributed by atoms with Crippen molar-refractivity contribution in [1.82, 2.24) is 15.6 Å². The summed E-state index contributed by atoms with van der Waals surface area (Å²) >= 11 is 5.95. The third-order valence-electron chi connectivity index (χ3n) is 5.92. The minimum atomic E-state index is -0.793. The predicted octanol–water partition coefficient (Wildman–Crippen LogP) is 4.96. The van der Waals surface area contributed by atoms with Crippen LogP contribution in [0.5, 0.6) is 0 Å². The number of hydrogen-bond donors (Lipinski definition) is 3. The summed E-state index contributed by atoms with van der Waals surface area (Å²) in [5.41, 5.74) is 3.39. The number of amides is 1. The van der Waals surface area contributed by atoms with Gasteiger partial charge in [0.05, 0.1) is 11.9 Å². The molecule has 10 heteroatoms. The lowest BCUT2D eigenvalue weighted by Crippen LogP contribution is -2.51. The van der Waals surface area contributed by atoms with Gasteiger partial charge in [-0.1, -0.05) is 36.6 Å². The van der Waals surface area contributed by atoms with Crippen molar-refractivity contribution >= 4 is 29.2 Å². The number of pyridine rings is 1. The zero-order valence-electron chi connectivity index (χ0n) is 19.5. The number of carbonyl (C=O) groups is 1. The Kier molecular flexibility index (Phi) is 8.22. The summed E-state index contributed by atoms with van der Waals surface area (Å²) in [4.78, 5) is 28.2. The van der Waals surface area contributed by atoms with Crippen LogP contribution in [0.1, 0.15) is 56.8 Å². The number of halogens is 1. The normalized spacial score (nSPS) is 16.5. The predicted molar refractivity (Wildman–Crippen MR) is 133 cm³/mol. The zero-order valence-corrected chi connectivity index (χ0v) is 20.2. The number of aromatic nitrogens is 1. The molecule has 0 spiro atoms. The molecular weight excluding hydrogens is 456 g/mol. The van der Waals surface area contributed by atoms with Gasteiger partial charge in [0.15, 0.2) is 5.03 Å². The first-order chi connectivity index (χ1) is 16.1. The molecule has 3 rings (SSSR count). The molecule has 0 bridgehead atoms. The number of nitrogens with one attached hydrogen (secondary N) is 3. The number of nitro groups is 1. The van der Waals surface area contributed by atoms with Crippen LogP contribution in [0.15, 0.2) is 65.0 Å². The summed E-state index contributed by atoms with van der Waals surface area (Å²) < 4.78 is 0. The smallest absolute Gasteiger partial charge is 0.274 e. The summed E-state index contributed by atoms with van der Waals surface area (Å²) in [6.07, 6.45) is 6.04. The van der Waals surface area contributed by atoms with Crippen molar-refractivity contribution in [2.75, 3.05) is 5.32 Å². The summed E-state index contributed by atoms with van der Waals surface area (Å²) in [5.74, 6) is -0.436. The van der Waals surface area contributed by atoms with E-state index in [0.29, 0.717) is 22.7 Å². The van der Waals surface area contributed by atoms with Gasteiger partial charge in [-0.15, -0.1) is 0 Å². The van der Waals surface area contributed by atoms with Gasteiger partial charge in [-0.25, -0.2) is 10.1 Å². The van der Waals surface area contributed by atoms with Crippen LogP contribution in [-0.2, 0) is 0 Å². The second kappa shape index (κ2) is 11.1. The Morgan fingerprint density at radius 3 is 2.62 bits per heavy atom. The van der Waals surface area contributed by atoms with Crippen LogP contribution in [-0.4, -0.2) is 28.0 Å². The molecule has 9 nitrogen and oxygen atoms in total. The standard InChI is InChI=1S/C24H29ClN6O3/c1-16-6-4-12-24(2,3)20(16)14-21(28-22(32)17-8-10-18(25)11-9-17)29-23(30-31(33)34)27-19-7-5-13-26-15-19/h5,7-11,13,15,21H,4,6,12,14H2,1-3H3,(H,28,32)(H2,27,29,30). The molecule has 1 amide bonds. The molecule has 1 heterocycles. The Balaban J connectivity index is 1.89. The van der Waals surface area contributed by atoms with E-state index in [2.05, 4.69) is 46.8 Å². The molecule has 1 aromatic heterocycles. The third kappa shape index (κ3) is 7.02. The molecule has 1 aliphatic rings. The van der Waals surface area contributed by atoms with E-state index < -0.39 is 11.2 Å². The van der Waals surface area contributed by atoms with Crippen LogP contribution in [0, 0.1) is 15.5 Å². The van der Waals surface area contributed by atoms with Crippen molar-refractivity contribution in [1.29, 1.82) is 0 Å². The van der Waals surface area contributed by atoms with Crippen LogP contribution in [0.4, 0.5) is 5.69 Å². The maximum atomic E-state index is 13.0. The molecule has 0 saturated heterocycles. The maximum Gasteiger partial charge on any atom is 0.274 e. The van der Waals surface area contributed by atoms with E-state index >= 15 is 0 Å². The number of benzene rings is 1. The van der Waals surface area contributed by atoms with Crippen LogP contribution in [0.2, 0.25) is 5.02 Å². The molecule has 1 unspecified atom stereocenters. The average Bonchev–Trinajstić information content (AvgIpc) is 2.76. The first-order valence-electron chi connectivity index (χ1n) is 11.1. The highest BCUT2D eigenvalue weighted by Gasteiger charge is 2.31. The van der Waals surface area contributed by atoms with E-state index in [-0.39, 0.29) is 17.3 Å². The Morgan fingerprint density at radius 1 is 1.26 bits per heavy atom. The average molecular weight is 485 g/mol. The molecule has 34 heavy (non-hydrogen) atoms. The fourth-order valence-electron chi connectivity index (χ4n) is 4.22. The first-order valence-corrected chi connectivity index (χ1v) is 11.4. The number of hydrogen-bond acceptors (Lipinski definition) is 4. The van der Waals surface area contributed by atoms with Crippen LogP contribution in [0.25, 0.3) is 0 Å². The Bertz CT molecular complexity index is 1080. The highest BCUT2D eigenvalue weighted by atomic mass is 35.5. The van der Waals surface area contributed by atoms with Crippen molar-refractivity contribution in [3.05, 3.63) is 80.6 Å². The van der Waals surface area contributed by atoms with Crippen molar-refractivity contribution in [2.45, 2.75) is 52.6 Å². The van der Waals surface area contributed by atoms with Crippen LogP contribution >= 0.6 is 11.6 Å². The van der Waals surface area contributed by atoms with Gasteiger partial charge in [-0.3, -0.25) is 9.78 Å². The molecule has 1 aliphatic carbocycles. The van der Waals surface area contributed by atoms with E-state index in [9.17, 15) is 14.9 Å². The topological polar surface area (TPSA) is 122 Å². The summed E-state index contributed by atoms with van der Waals surface area (Å²) in [6, 6.07) is 9.94. The van der Waals surface area contributed by atoms with Gasteiger partial charge in [0, 0.05) is 23.2 Å². The van der Waals surface area contributed by atoms with Crippen LogP contribution in [0.3, 0.4) is 0 Å². The molecule has 180 valence electrons. The monoisotopic (exact) mass is 484 g/mol. The largest absolute Gasteiger partial charge is 0.332 e. The first kappa shape index (κ1) is 25.2. The molecule has 1 atom stereocenters. The Labute approximate surface area is 203 Å². The molecular formula is C24H29ClN6O3. The van der Waals surface area contributed by atoms with Gasteiger partial charge < -0.3 is 16.0 Å². The SMILES string of the molecule is CC1=C(CC(NC(=O)c2ccc(Cl)cc2)N/C(=N/[N+](=O)[O-])Nc2cccnc2)C(C)(C)CCC1. The number of allylic oxidation sites excluding steroid dienone is 1. The number of carbonyl (C=O) groups excluding carboxylic acids is 1. The molecule has 3 N–H and O–H groups in total. The van der Waals surface area contributed by atoms with E-state index in [1.165, 1.54) is 17.3 Å². The van der Waals surface area contributed by atoms with E-state index in [0.717, 1.165) is 19.3 Å². The Morgan fingerprint density at radius 2 is 2.00 bits per heavy atom. The number of anilines is 1. The highest BCUT2D eigenvalue weighted by Crippen LogP contribution is 2.42. The highest BCUT2D eigenvalue weighted by molar-refractivity contribution is 6.30. The van der Waals surface area contributed by atoms with Crippen molar-refractivity contribution in [3.63, 3.8) is 0 Å². The van der Waals surface area contributed by atoms with Crippen molar-refractivity contribution < 1.29 is 9.83 Å². The van der Waals surface area contributed by atoms with Crippen LogP contribution < -0.4 is 16.0 Å². The fourth-order valence-corrected chi connectivity index (χ4v) is 4.35. The zero-order chi connectivity index (χ0) is 24.7. The second-order valence-electron chi connectivity index (χ2n) is 8.93. The number of rotatable bonds is 7. The maximum absolute atomic E-state index is 13.0. The second-order valence-corrected chi connectivity index (χ2v) is 9.37. The van der Waals surface area contributed by atoms with E-state index in [1.54, 1.807) is 42.6 Å². The van der Waals surface area contributed by atoms with Gasteiger partial charge >= 0.3 is 0 Å². The minimum absolute atomic E-state index is 0.0511. The molecule has 1 aromatic carbocycles. The third-order valence-corrected chi connectivity index (χ3v) is 6.17. The summed E-state index contributed by atoms with van der Waals surface area (Å²) in [5, 5.41) is 23.3. The molecule has 2 aromatic rings. The Hall–Kier alpha value is -3.46. The van der Waals surface area contributed by atoms with E-state index in [1.807, 2.05) is 0 Å². The van der Waals surface area contributed by atoms with Gasteiger partial charge in [0.2, 0.25) is 0 Å². The minimum Gasteiger partial charge on any atom is -0.332 e. The number of nitrogens with zero attached hydrogens (tertiary/aromatic N) is 3.